The van der Waals surface area contributed by atoms with Crippen LogP contribution in [0.4, 0.5) is 4.39 Å². The Bertz CT molecular complexity index is 651. The third-order valence-corrected chi connectivity index (χ3v) is 4.29. The molecule has 0 fully saturated rings. The first-order valence-electron chi connectivity index (χ1n) is 6.49. The zero-order valence-electron chi connectivity index (χ0n) is 10.7. The molecule has 0 saturated heterocycles. The molecule has 1 N–H and O–H groups in total. The molecule has 0 spiro atoms. The first-order chi connectivity index (χ1) is 9.66. The van der Waals surface area contributed by atoms with E-state index in [0.29, 0.717) is 4.47 Å². The summed E-state index contributed by atoms with van der Waals surface area (Å²) >= 11 is 3.23. The molecule has 0 aromatic heterocycles. The van der Waals surface area contributed by atoms with E-state index in [9.17, 15) is 9.18 Å². The number of amides is 1. The van der Waals surface area contributed by atoms with Crippen LogP contribution in [-0.2, 0) is 6.42 Å². The second kappa shape index (κ2) is 5.37. The van der Waals surface area contributed by atoms with Crippen LogP contribution in [0.15, 0.2) is 46.9 Å². The predicted molar refractivity (Wildman–Crippen MR) is 79.1 cm³/mol. The maximum absolute atomic E-state index is 13.8. The van der Waals surface area contributed by atoms with E-state index < -0.39 is 5.82 Å². The van der Waals surface area contributed by atoms with Crippen LogP contribution in [0.2, 0.25) is 0 Å². The molecule has 1 amide bonds. The van der Waals surface area contributed by atoms with Crippen LogP contribution in [0.5, 0.6) is 0 Å². The molecule has 0 bridgehead atoms. The van der Waals surface area contributed by atoms with Crippen molar-refractivity contribution < 1.29 is 9.18 Å². The fraction of sp³-hybridized carbons (Fsp3) is 0.188. The van der Waals surface area contributed by atoms with Crippen LogP contribution in [-0.4, -0.2) is 5.91 Å². The predicted octanol–water partition coefficient (Wildman–Crippen LogP) is 4.01. The van der Waals surface area contributed by atoms with Crippen LogP contribution in [0.1, 0.15) is 33.9 Å². The van der Waals surface area contributed by atoms with E-state index in [1.165, 1.54) is 11.6 Å². The summed E-state index contributed by atoms with van der Waals surface area (Å²) in [5.74, 6) is -0.889. The van der Waals surface area contributed by atoms with Gasteiger partial charge in [-0.15, -0.1) is 0 Å². The van der Waals surface area contributed by atoms with Crippen molar-refractivity contribution in [3.8, 4) is 0 Å². The third-order valence-electron chi connectivity index (χ3n) is 3.63. The largest absolute Gasteiger partial charge is 0.345 e. The van der Waals surface area contributed by atoms with Crippen LogP contribution < -0.4 is 5.32 Å². The quantitative estimate of drug-likeness (QED) is 0.884. The smallest absolute Gasteiger partial charge is 0.255 e. The second-order valence-electron chi connectivity index (χ2n) is 4.86. The SMILES string of the molecule is O=C(NC1CCc2ccccc21)c1c(F)cccc1Br. The molecule has 0 radical (unpaired) electrons. The van der Waals surface area contributed by atoms with Crippen molar-refractivity contribution in [2.45, 2.75) is 18.9 Å². The molecule has 3 rings (SSSR count). The van der Waals surface area contributed by atoms with E-state index in [-0.39, 0.29) is 17.5 Å². The Morgan fingerprint density at radius 1 is 1.20 bits per heavy atom. The summed E-state index contributed by atoms with van der Waals surface area (Å²) in [6, 6.07) is 12.5. The molecule has 2 aromatic carbocycles. The lowest BCUT2D eigenvalue weighted by Crippen LogP contribution is -2.28. The molecule has 102 valence electrons. The Balaban J connectivity index is 1.85. The van der Waals surface area contributed by atoms with Gasteiger partial charge in [0.05, 0.1) is 11.6 Å². The van der Waals surface area contributed by atoms with Gasteiger partial charge >= 0.3 is 0 Å². The van der Waals surface area contributed by atoms with E-state index in [1.54, 1.807) is 12.1 Å². The molecule has 0 aliphatic heterocycles. The minimum absolute atomic E-state index is 0.0368. The van der Waals surface area contributed by atoms with Crippen molar-refractivity contribution >= 4 is 21.8 Å². The van der Waals surface area contributed by atoms with Crippen molar-refractivity contribution in [3.63, 3.8) is 0 Å². The van der Waals surface area contributed by atoms with Gasteiger partial charge in [-0.3, -0.25) is 4.79 Å². The highest BCUT2D eigenvalue weighted by molar-refractivity contribution is 9.10. The van der Waals surface area contributed by atoms with Gasteiger partial charge in [0.15, 0.2) is 0 Å². The van der Waals surface area contributed by atoms with Gasteiger partial charge in [0.25, 0.3) is 5.91 Å². The fourth-order valence-corrected chi connectivity index (χ4v) is 3.17. The summed E-state index contributed by atoms with van der Waals surface area (Å²) in [4.78, 5) is 12.3. The van der Waals surface area contributed by atoms with Crippen molar-refractivity contribution in [2.24, 2.45) is 0 Å². The number of fused-ring (bicyclic) bond motifs is 1. The maximum atomic E-state index is 13.8. The molecule has 1 unspecified atom stereocenters. The maximum Gasteiger partial charge on any atom is 0.255 e. The normalized spacial score (nSPS) is 16.8. The average Bonchev–Trinajstić information content (AvgIpc) is 2.82. The topological polar surface area (TPSA) is 29.1 Å². The number of nitrogens with one attached hydrogen (secondary N) is 1. The highest BCUT2D eigenvalue weighted by Gasteiger charge is 2.25. The number of hydrogen-bond acceptors (Lipinski definition) is 1. The first-order valence-corrected chi connectivity index (χ1v) is 7.29. The minimum Gasteiger partial charge on any atom is -0.345 e. The lowest BCUT2D eigenvalue weighted by molar-refractivity contribution is 0.0932. The summed E-state index contributed by atoms with van der Waals surface area (Å²) in [5, 5.41) is 2.92. The Kier molecular flexibility index (Phi) is 3.57. The molecule has 0 heterocycles. The molecule has 4 heteroatoms. The van der Waals surface area contributed by atoms with E-state index in [0.717, 1.165) is 18.4 Å². The number of benzene rings is 2. The zero-order valence-corrected chi connectivity index (χ0v) is 12.3. The standard InChI is InChI=1S/C16H13BrFNO/c17-12-6-3-7-13(18)15(12)16(20)19-14-9-8-10-4-1-2-5-11(10)14/h1-7,14H,8-9H2,(H,19,20). The van der Waals surface area contributed by atoms with Gasteiger partial charge in [-0.25, -0.2) is 4.39 Å². The summed E-state index contributed by atoms with van der Waals surface area (Å²) in [5.41, 5.74) is 2.45. The molecule has 1 aliphatic rings. The first kappa shape index (κ1) is 13.3. The van der Waals surface area contributed by atoms with Gasteiger partial charge in [0.2, 0.25) is 0 Å². The Morgan fingerprint density at radius 2 is 2.00 bits per heavy atom. The molecule has 0 saturated carbocycles. The van der Waals surface area contributed by atoms with Gasteiger partial charge in [0, 0.05) is 4.47 Å². The zero-order chi connectivity index (χ0) is 14.1. The van der Waals surface area contributed by atoms with E-state index in [2.05, 4.69) is 27.3 Å². The summed E-state index contributed by atoms with van der Waals surface area (Å²) in [7, 11) is 0. The van der Waals surface area contributed by atoms with E-state index in [1.807, 2.05) is 18.2 Å². The Labute approximate surface area is 125 Å². The molecule has 2 aromatic rings. The van der Waals surface area contributed by atoms with Gasteiger partial charge < -0.3 is 5.32 Å². The summed E-state index contributed by atoms with van der Waals surface area (Å²) < 4.78 is 14.3. The van der Waals surface area contributed by atoms with Gasteiger partial charge in [0.1, 0.15) is 5.82 Å². The number of hydrogen-bond donors (Lipinski definition) is 1. The van der Waals surface area contributed by atoms with Gasteiger partial charge in [-0.2, -0.15) is 0 Å². The second-order valence-corrected chi connectivity index (χ2v) is 5.71. The highest BCUT2D eigenvalue weighted by Crippen LogP contribution is 2.31. The van der Waals surface area contributed by atoms with E-state index >= 15 is 0 Å². The molecular weight excluding hydrogens is 321 g/mol. The number of carbonyl (C=O) groups excluding carboxylic acids is 1. The van der Waals surface area contributed by atoms with Crippen molar-refractivity contribution in [3.05, 3.63) is 69.4 Å². The Morgan fingerprint density at radius 3 is 2.80 bits per heavy atom. The fourth-order valence-electron chi connectivity index (χ4n) is 2.65. The van der Waals surface area contributed by atoms with Crippen molar-refractivity contribution in [1.29, 1.82) is 0 Å². The average molecular weight is 334 g/mol. The van der Waals surface area contributed by atoms with Crippen LogP contribution >= 0.6 is 15.9 Å². The van der Waals surface area contributed by atoms with Crippen LogP contribution in [0.25, 0.3) is 0 Å². The third kappa shape index (κ3) is 2.36. The summed E-state index contributed by atoms with van der Waals surface area (Å²) in [6.45, 7) is 0. The summed E-state index contributed by atoms with van der Waals surface area (Å²) in [6.07, 6.45) is 1.80. The van der Waals surface area contributed by atoms with Crippen molar-refractivity contribution in [2.75, 3.05) is 0 Å². The number of rotatable bonds is 2. The molecule has 1 atom stereocenters. The molecule has 20 heavy (non-hydrogen) atoms. The lowest BCUT2D eigenvalue weighted by Gasteiger charge is -2.15. The number of aryl methyl sites for hydroxylation is 1. The lowest BCUT2D eigenvalue weighted by atomic mass is 10.1. The number of halogens is 2. The monoisotopic (exact) mass is 333 g/mol. The molecule has 1 aliphatic carbocycles. The van der Waals surface area contributed by atoms with Crippen LogP contribution in [0.3, 0.4) is 0 Å². The van der Waals surface area contributed by atoms with Crippen molar-refractivity contribution in [1.82, 2.24) is 5.32 Å². The Hall–Kier alpha value is -1.68. The minimum atomic E-state index is -0.511. The highest BCUT2D eigenvalue weighted by atomic mass is 79.9. The molecule has 2 nitrogen and oxygen atoms in total. The van der Waals surface area contributed by atoms with Gasteiger partial charge in [-0.05, 0) is 52.0 Å². The molecular formula is C16H13BrFNO. The van der Waals surface area contributed by atoms with E-state index in [4.69, 9.17) is 0 Å². The van der Waals surface area contributed by atoms with Gasteiger partial charge in [-0.1, -0.05) is 30.3 Å². The number of carbonyl (C=O) groups is 1. The van der Waals surface area contributed by atoms with Crippen LogP contribution in [0, 0.1) is 5.82 Å².